The lowest BCUT2D eigenvalue weighted by Crippen LogP contribution is -2.17. The Balaban J connectivity index is 1.65. The summed E-state index contributed by atoms with van der Waals surface area (Å²) in [6.07, 6.45) is 0.873. The molecule has 126 valence electrons. The smallest absolute Gasteiger partial charge is 0.227 e. The molecular formula is C21H21N3O. The normalized spacial score (nSPS) is 16.9. The Kier molecular flexibility index (Phi) is 3.88. The molecule has 0 spiro atoms. The first-order valence-corrected chi connectivity index (χ1v) is 8.63. The van der Waals surface area contributed by atoms with Gasteiger partial charge >= 0.3 is 0 Å². The molecule has 0 aliphatic carbocycles. The van der Waals surface area contributed by atoms with Gasteiger partial charge in [0.1, 0.15) is 0 Å². The van der Waals surface area contributed by atoms with Crippen molar-refractivity contribution in [3.05, 3.63) is 65.5 Å². The van der Waals surface area contributed by atoms with E-state index in [2.05, 4.69) is 42.3 Å². The third-order valence-corrected chi connectivity index (χ3v) is 4.83. The summed E-state index contributed by atoms with van der Waals surface area (Å²) >= 11 is 0. The number of pyridine rings is 1. The van der Waals surface area contributed by atoms with Gasteiger partial charge < -0.3 is 10.3 Å². The molecule has 0 radical (unpaired) electrons. The van der Waals surface area contributed by atoms with Crippen LogP contribution in [0, 0.1) is 13.8 Å². The first kappa shape index (κ1) is 15.6. The van der Waals surface area contributed by atoms with E-state index in [1.54, 1.807) is 0 Å². The van der Waals surface area contributed by atoms with E-state index in [1.807, 2.05) is 30.3 Å². The Hall–Kier alpha value is -2.88. The van der Waals surface area contributed by atoms with Crippen molar-refractivity contribution in [1.29, 1.82) is 0 Å². The standard InChI is InChI=1S/C21H21N3O/c1-13-12-18(14(2)23-13)20-5-3-4-19(24-20)16-8-6-15(7-9-16)17-10-11-22-21(17)25/h3-9,12,17,23H,10-11H2,1-2H3,(H,22,25). The Labute approximate surface area is 147 Å². The average Bonchev–Trinajstić information content (AvgIpc) is 3.20. The number of aromatic nitrogens is 2. The van der Waals surface area contributed by atoms with Gasteiger partial charge in [0, 0.05) is 29.1 Å². The maximum atomic E-state index is 11.8. The molecule has 0 bridgehead atoms. The topological polar surface area (TPSA) is 57.8 Å². The summed E-state index contributed by atoms with van der Waals surface area (Å²) in [4.78, 5) is 20.0. The van der Waals surface area contributed by atoms with Crippen LogP contribution in [0.5, 0.6) is 0 Å². The third kappa shape index (κ3) is 2.95. The van der Waals surface area contributed by atoms with E-state index >= 15 is 0 Å². The molecule has 2 N–H and O–H groups in total. The summed E-state index contributed by atoms with van der Waals surface area (Å²) < 4.78 is 0. The lowest BCUT2D eigenvalue weighted by Gasteiger charge is -2.09. The zero-order valence-electron chi connectivity index (χ0n) is 14.5. The van der Waals surface area contributed by atoms with Crippen LogP contribution in [0.3, 0.4) is 0 Å². The van der Waals surface area contributed by atoms with E-state index in [-0.39, 0.29) is 11.8 Å². The fourth-order valence-electron chi connectivity index (χ4n) is 3.53. The Morgan fingerprint density at radius 2 is 1.80 bits per heavy atom. The number of carbonyl (C=O) groups is 1. The van der Waals surface area contributed by atoms with Crippen molar-refractivity contribution < 1.29 is 4.79 Å². The highest BCUT2D eigenvalue weighted by atomic mass is 16.2. The number of aromatic amines is 1. The predicted molar refractivity (Wildman–Crippen MR) is 99.3 cm³/mol. The van der Waals surface area contributed by atoms with Crippen LogP contribution >= 0.6 is 0 Å². The van der Waals surface area contributed by atoms with E-state index in [1.165, 1.54) is 0 Å². The average molecular weight is 331 g/mol. The third-order valence-electron chi connectivity index (χ3n) is 4.83. The second kappa shape index (κ2) is 6.20. The summed E-state index contributed by atoms with van der Waals surface area (Å²) in [5, 5.41) is 2.89. The van der Waals surface area contributed by atoms with Gasteiger partial charge in [-0.05, 0) is 44.0 Å². The molecule has 1 aliphatic heterocycles. The van der Waals surface area contributed by atoms with Crippen LogP contribution in [-0.4, -0.2) is 22.4 Å². The quantitative estimate of drug-likeness (QED) is 0.763. The lowest BCUT2D eigenvalue weighted by molar-refractivity contribution is -0.120. The van der Waals surface area contributed by atoms with Crippen LogP contribution < -0.4 is 5.32 Å². The largest absolute Gasteiger partial charge is 0.362 e. The molecule has 1 amide bonds. The first-order valence-electron chi connectivity index (χ1n) is 8.63. The summed E-state index contributed by atoms with van der Waals surface area (Å²) in [6.45, 7) is 4.89. The fourth-order valence-corrected chi connectivity index (χ4v) is 3.53. The number of nitrogens with zero attached hydrogens (tertiary/aromatic N) is 1. The molecule has 1 atom stereocenters. The van der Waals surface area contributed by atoms with Crippen molar-refractivity contribution >= 4 is 5.91 Å². The number of aryl methyl sites for hydroxylation is 2. The molecule has 3 heterocycles. The predicted octanol–water partition coefficient (Wildman–Crippen LogP) is 3.96. The number of amides is 1. The summed E-state index contributed by atoms with van der Waals surface area (Å²) in [5.74, 6) is 0.116. The van der Waals surface area contributed by atoms with Gasteiger partial charge in [0.05, 0.1) is 17.3 Å². The molecule has 3 aromatic rings. The molecule has 0 saturated carbocycles. The van der Waals surface area contributed by atoms with Crippen molar-refractivity contribution in [2.75, 3.05) is 6.54 Å². The first-order chi connectivity index (χ1) is 12.1. The van der Waals surface area contributed by atoms with Crippen LogP contribution in [-0.2, 0) is 4.79 Å². The van der Waals surface area contributed by atoms with Crippen LogP contribution in [0.15, 0.2) is 48.5 Å². The van der Waals surface area contributed by atoms with Crippen molar-refractivity contribution in [1.82, 2.24) is 15.3 Å². The van der Waals surface area contributed by atoms with Gasteiger partial charge in [0.25, 0.3) is 0 Å². The summed E-state index contributed by atoms with van der Waals surface area (Å²) in [7, 11) is 0. The number of carbonyl (C=O) groups excluding carboxylic acids is 1. The molecule has 4 heteroatoms. The van der Waals surface area contributed by atoms with Gasteiger partial charge in [-0.15, -0.1) is 0 Å². The number of H-pyrrole nitrogens is 1. The Bertz CT molecular complexity index is 925. The number of nitrogens with one attached hydrogen (secondary N) is 2. The minimum absolute atomic E-state index is 0.0150. The number of rotatable bonds is 3. The van der Waals surface area contributed by atoms with Crippen molar-refractivity contribution in [3.63, 3.8) is 0 Å². The van der Waals surface area contributed by atoms with E-state index in [0.29, 0.717) is 0 Å². The van der Waals surface area contributed by atoms with Gasteiger partial charge in [-0.25, -0.2) is 4.98 Å². The zero-order chi connectivity index (χ0) is 17.4. The molecule has 4 nitrogen and oxygen atoms in total. The monoisotopic (exact) mass is 331 g/mol. The van der Waals surface area contributed by atoms with E-state index in [9.17, 15) is 4.79 Å². The van der Waals surface area contributed by atoms with Crippen molar-refractivity contribution in [3.8, 4) is 22.5 Å². The van der Waals surface area contributed by atoms with Crippen molar-refractivity contribution in [2.24, 2.45) is 0 Å². The fraction of sp³-hybridized carbons (Fsp3) is 0.238. The zero-order valence-corrected chi connectivity index (χ0v) is 14.5. The minimum Gasteiger partial charge on any atom is -0.362 e. The van der Waals surface area contributed by atoms with Gasteiger partial charge in [-0.1, -0.05) is 30.3 Å². The molecular weight excluding hydrogens is 310 g/mol. The second-order valence-electron chi connectivity index (χ2n) is 6.65. The van der Waals surface area contributed by atoms with E-state index in [4.69, 9.17) is 4.98 Å². The Morgan fingerprint density at radius 3 is 2.44 bits per heavy atom. The minimum atomic E-state index is -0.0150. The van der Waals surface area contributed by atoms with Gasteiger partial charge in [0.2, 0.25) is 5.91 Å². The van der Waals surface area contributed by atoms with Crippen molar-refractivity contribution in [2.45, 2.75) is 26.2 Å². The summed E-state index contributed by atoms with van der Waals surface area (Å²) in [5.41, 5.74) is 7.46. The molecule has 1 fully saturated rings. The molecule has 2 aromatic heterocycles. The number of hydrogen-bond acceptors (Lipinski definition) is 2. The lowest BCUT2D eigenvalue weighted by atomic mass is 9.96. The SMILES string of the molecule is Cc1cc(-c2cccc(-c3ccc(C4CCNC4=O)cc3)n2)c(C)[nH]1. The number of benzene rings is 1. The molecule has 1 aromatic carbocycles. The number of hydrogen-bond donors (Lipinski definition) is 2. The molecule has 1 unspecified atom stereocenters. The highest BCUT2D eigenvalue weighted by molar-refractivity contribution is 5.85. The highest BCUT2D eigenvalue weighted by Crippen LogP contribution is 2.28. The van der Waals surface area contributed by atoms with Crippen LogP contribution in [0.1, 0.15) is 29.3 Å². The van der Waals surface area contributed by atoms with Gasteiger partial charge in [0.15, 0.2) is 0 Å². The Morgan fingerprint density at radius 1 is 1.04 bits per heavy atom. The van der Waals surface area contributed by atoms with Crippen LogP contribution in [0.25, 0.3) is 22.5 Å². The van der Waals surface area contributed by atoms with Gasteiger partial charge in [-0.2, -0.15) is 0 Å². The molecule has 1 aliphatic rings. The molecule has 1 saturated heterocycles. The molecule has 4 rings (SSSR count). The van der Waals surface area contributed by atoms with Crippen LogP contribution in [0.4, 0.5) is 0 Å². The van der Waals surface area contributed by atoms with Crippen LogP contribution in [0.2, 0.25) is 0 Å². The van der Waals surface area contributed by atoms with E-state index < -0.39 is 0 Å². The second-order valence-corrected chi connectivity index (χ2v) is 6.65. The van der Waals surface area contributed by atoms with Gasteiger partial charge in [-0.3, -0.25) is 4.79 Å². The maximum Gasteiger partial charge on any atom is 0.227 e. The molecule has 25 heavy (non-hydrogen) atoms. The summed E-state index contributed by atoms with van der Waals surface area (Å²) in [6, 6.07) is 16.4. The maximum absolute atomic E-state index is 11.8. The highest BCUT2D eigenvalue weighted by Gasteiger charge is 2.25. The van der Waals surface area contributed by atoms with E-state index in [0.717, 1.165) is 52.4 Å².